The highest BCUT2D eigenvalue weighted by Gasteiger charge is 2.28. The van der Waals surface area contributed by atoms with Gasteiger partial charge in [0.2, 0.25) is 0 Å². The van der Waals surface area contributed by atoms with Gasteiger partial charge in [0.15, 0.2) is 0 Å². The van der Waals surface area contributed by atoms with E-state index in [1.54, 1.807) is 0 Å². The van der Waals surface area contributed by atoms with Crippen LogP contribution in [0, 0.1) is 5.92 Å². The van der Waals surface area contributed by atoms with Gasteiger partial charge in [-0.3, -0.25) is 0 Å². The molecule has 1 aliphatic heterocycles. The molecule has 1 aliphatic rings. The molecule has 2 aromatic rings. The predicted molar refractivity (Wildman–Crippen MR) is 90.4 cm³/mol. The maximum Gasteiger partial charge on any atom is 0.410 e. The molecule has 1 aromatic heterocycles. The Morgan fingerprint density at radius 1 is 1.35 bits per heavy atom. The summed E-state index contributed by atoms with van der Waals surface area (Å²) in [5.74, 6) is 1.43. The fraction of sp³-hybridized carbons (Fsp3) is 0.526. The molecule has 1 fully saturated rings. The fourth-order valence-corrected chi connectivity index (χ4v) is 3.15. The molecule has 1 unspecified atom stereocenters. The third kappa shape index (κ3) is 4.06. The third-order valence-corrected chi connectivity index (χ3v) is 4.14. The van der Waals surface area contributed by atoms with Crippen LogP contribution >= 0.6 is 0 Å². The first-order chi connectivity index (χ1) is 10.9. The highest BCUT2D eigenvalue weighted by molar-refractivity contribution is 5.77. The van der Waals surface area contributed by atoms with Crippen LogP contribution in [0.3, 0.4) is 0 Å². The van der Waals surface area contributed by atoms with E-state index in [0.29, 0.717) is 5.92 Å². The van der Waals surface area contributed by atoms with Crippen LogP contribution in [0.4, 0.5) is 4.79 Å². The van der Waals surface area contributed by atoms with Crippen LogP contribution in [-0.4, -0.2) is 29.7 Å². The lowest BCUT2D eigenvalue weighted by Crippen LogP contribution is -2.43. The van der Waals surface area contributed by atoms with Gasteiger partial charge < -0.3 is 14.1 Å². The summed E-state index contributed by atoms with van der Waals surface area (Å²) in [7, 11) is 0. The van der Waals surface area contributed by atoms with E-state index in [-0.39, 0.29) is 6.09 Å². The first-order valence-corrected chi connectivity index (χ1v) is 8.36. The van der Waals surface area contributed by atoms with Gasteiger partial charge in [-0.05, 0) is 51.7 Å². The van der Waals surface area contributed by atoms with Crippen molar-refractivity contribution in [2.75, 3.05) is 13.1 Å². The second-order valence-corrected chi connectivity index (χ2v) is 7.39. The number of nitrogens with zero attached hydrogens (tertiary/aromatic N) is 1. The van der Waals surface area contributed by atoms with Crippen molar-refractivity contribution in [2.45, 2.75) is 45.6 Å². The van der Waals surface area contributed by atoms with Gasteiger partial charge in [0.1, 0.15) is 16.9 Å². The molecule has 0 radical (unpaired) electrons. The lowest BCUT2D eigenvalue weighted by molar-refractivity contribution is 0.0164. The van der Waals surface area contributed by atoms with Gasteiger partial charge in [-0.2, -0.15) is 0 Å². The molecule has 1 atom stereocenters. The number of rotatable bonds is 2. The normalized spacial score (nSPS) is 19.1. The molecule has 1 aromatic carbocycles. The van der Waals surface area contributed by atoms with Crippen LogP contribution in [0.5, 0.6) is 0 Å². The van der Waals surface area contributed by atoms with E-state index in [9.17, 15) is 4.79 Å². The number of ether oxygens (including phenoxy) is 1. The van der Waals surface area contributed by atoms with Crippen LogP contribution in [0.25, 0.3) is 11.0 Å². The fourth-order valence-electron chi connectivity index (χ4n) is 3.15. The molecule has 4 heteroatoms. The number of carbonyl (C=O) groups is 1. The third-order valence-electron chi connectivity index (χ3n) is 4.14. The SMILES string of the molecule is CC(C)(C)OC(=O)N1CCCC(Cc2cc3ccccc3o2)C1. The predicted octanol–water partition coefficient (Wildman–Crippen LogP) is 4.62. The largest absolute Gasteiger partial charge is 0.461 e. The Morgan fingerprint density at radius 3 is 2.87 bits per heavy atom. The Labute approximate surface area is 137 Å². The number of likely N-dealkylation sites (tertiary alicyclic amines) is 1. The second kappa shape index (κ2) is 6.26. The van der Waals surface area contributed by atoms with E-state index < -0.39 is 5.60 Å². The summed E-state index contributed by atoms with van der Waals surface area (Å²) in [4.78, 5) is 14.1. The van der Waals surface area contributed by atoms with Crippen LogP contribution in [0.2, 0.25) is 0 Å². The Kier molecular flexibility index (Phi) is 4.33. The minimum absolute atomic E-state index is 0.202. The maximum absolute atomic E-state index is 12.2. The quantitative estimate of drug-likeness (QED) is 0.812. The van der Waals surface area contributed by atoms with Crippen molar-refractivity contribution in [3.05, 3.63) is 36.1 Å². The van der Waals surface area contributed by atoms with E-state index >= 15 is 0 Å². The van der Waals surface area contributed by atoms with Gasteiger partial charge in [0.25, 0.3) is 0 Å². The van der Waals surface area contributed by atoms with Crippen molar-refractivity contribution in [2.24, 2.45) is 5.92 Å². The Morgan fingerprint density at radius 2 is 2.13 bits per heavy atom. The molecular formula is C19H25NO3. The molecule has 124 valence electrons. The van der Waals surface area contributed by atoms with Crippen LogP contribution < -0.4 is 0 Å². The number of benzene rings is 1. The van der Waals surface area contributed by atoms with Crippen LogP contribution in [-0.2, 0) is 11.2 Å². The molecule has 3 rings (SSSR count). The van der Waals surface area contributed by atoms with Gasteiger partial charge in [0.05, 0.1) is 0 Å². The van der Waals surface area contributed by atoms with E-state index in [1.807, 2.05) is 43.9 Å². The van der Waals surface area contributed by atoms with E-state index in [4.69, 9.17) is 9.15 Å². The maximum atomic E-state index is 12.2. The monoisotopic (exact) mass is 315 g/mol. The first kappa shape index (κ1) is 15.9. The number of piperidine rings is 1. The van der Waals surface area contributed by atoms with Gasteiger partial charge in [0, 0.05) is 24.9 Å². The van der Waals surface area contributed by atoms with E-state index in [0.717, 1.165) is 49.1 Å². The highest BCUT2D eigenvalue weighted by atomic mass is 16.6. The summed E-state index contributed by atoms with van der Waals surface area (Å²) in [6.45, 7) is 7.24. The second-order valence-electron chi connectivity index (χ2n) is 7.39. The van der Waals surface area contributed by atoms with Gasteiger partial charge in [-0.15, -0.1) is 0 Å². The smallest absolute Gasteiger partial charge is 0.410 e. The molecule has 0 saturated carbocycles. The zero-order chi connectivity index (χ0) is 16.4. The topological polar surface area (TPSA) is 42.7 Å². The summed E-state index contributed by atoms with van der Waals surface area (Å²) < 4.78 is 11.4. The van der Waals surface area contributed by atoms with Crippen molar-refractivity contribution in [1.82, 2.24) is 4.90 Å². The average molecular weight is 315 g/mol. The molecule has 0 N–H and O–H groups in total. The molecule has 0 spiro atoms. The van der Waals surface area contributed by atoms with Crippen molar-refractivity contribution in [1.29, 1.82) is 0 Å². The number of hydrogen-bond acceptors (Lipinski definition) is 3. The lowest BCUT2D eigenvalue weighted by Gasteiger charge is -2.33. The summed E-state index contributed by atoms with van der Waals surface area (Å²) >= 11 is 0. The van der Waals surface area contributed by atoms with Crippen LogP contribution in [0.15, 0.2) is 34.7 Å². The van der Waals surface area contributed by atoms with Crippen molar-refractivity contribution in [3.8, 4) is 0 Å². The Hall–Kier alpha value is -1.97. The molecule has 1 amide bonds. The molecule has 0 bridgehead atoms. The van der Waals surface area contributed by atoms with Gasteiger partial charge in [-0.1, -0.05) is 18.2 Å². The zero-order valence-electron chi connectivity index (χ0n) is 14.2. The molecular weight excluding hydrogens is 290 g/mol. The summed E-state index contributed by atoms with van der Waals surface area (Å²) in [6, 6.07) is 10.2. The molecule has 23 heavy (non-hydrogen) atoms. The molecule has 4 nitrogen and oxygen atoms in total. The minimum atomic E-state index is -0.442. The molecule has 2 heterocycles. The number of carbonyl (C=O) groups excluding carboxylic acids is 1. The van der Waals surface area contributed by atoms with Gasteiger partial charge in [-0.25, -0.2) is 4.79 Å². The average Bonchev–Trinajstić information content (AvgIpc) is 2.88. The van der Waals surface area contributed by atoms with Crippen molar-refractivity contribution >= 4 is 17.1 Å². The number of hydrogen-bond donors (Lipinski definition) is 0. The molecule has 0 aliphatic carbocycles. The van der Waals surface area contributed by atoms with Gasteiger partial charge >= 0.3 is 6.09 Å². The first-order valence-electron chi connectivity index (χ1n) is 8.36. The Balaban J connectivity index is 1.63. The van der Waals surface area contributed by atoms with E-state index in [1.165, 1.54) is 0 Å². The van der Waals surface area contributed by atoms with Crippen molar-refractivity contribution < 1.29 is 13.9 Å². The minimum Gasteiger partial charge on any atom is -0.461 e. The molecule has 1 saturated heterocycles. The number of amides is 1. The lowest BCUT2D eigenvalue weighted by atomic mass is 9.94. The summed E-state index contributed by atoms with van der Waals surface area (Å²) in [6.07, 6.45) is 2.81. The number of para-hydroxylation sites is 1. The zero-order valence-corrected chi connectivity index (χ0v) is 14.2. The number of fused-ring (bicyclic) bond motifs is 1. The summed E-state index contributed by atoms with van der Waals surface area (Å²) in [5, 5.41) is 1.14. The Bertz CT molecular complexity index is 650. The summed E-state index contributed by atoms with van der Waals surface area (Å²) in [5.41, 5.74) is 0.491. The van der Waals surface area contributed by atoms with Crippen LogP contribution in [0.1, 0.15) is 39.4 Å². The standard InChI is InChI=1S/C19H25NO3/c1-19(2,3)23-18(21)20-10-6-7-14(13-20)11-16-12-15-8-4-5-9-17(15)22-16/h4-5,8-9,12,14H,6-7,10-11,13H2,1-3H3. The highest BCUT2D eigenvalue weighted by Crippen LogP contribution is 2.26. The van der Waals surface area contributed by atoms with E-state index in [2.05, 4.69) is 12.1 Å². The number of furan rings is 1. The van der Waals surface area contributed by atoms with Crippen molar-refractivity contribution in [3.63, 3.8) is 0 Å².